The molecule has 1 aliphatic carbocycles. The van der Waals surface area contributed by atoms with Crippen LogP contribution in [0.3, 0.4) is 0 Å². The lowest BCUT2D eigenvalue weighted by atomic mass is 9.95. The lowest BCUT2D eigenvalue weighted by Crippen LogP contribution is -2.32. The third kappa shape index (κ3) is 17.9. The lowest BCUT2D eigenvalue weighted by molar-refractivity contribution is -0.0350. The standard InChI is InChI=1S/C28H52O6/c1-23(2)16-11-7-5-6-9-13-20-31-27(29)33-25-18-15-19-26(22-25)34-28(30)32-21-14-10-8-12-17-24(3)4/h23-26H,5-22H2,1-4H3. The van der Waals surface area contributed by atoms with Crippen molar-refractivity contribution in [3.63, 3.8) is 0 Å². The monoisotopic (exact) mass is 484 g/mol. The van der Waals surface area contributed by atoms with Crippen LogP contribution in [-0.4, -0.2) is 37.7 Å². The molecule has 34 heavy (non-hydrogen) atoms. The first-order valence-electron chi connectivity index (χ1n) is 14.0. The van der Waals surface area contributed by atoms with Crippen molar-refractivity contribution in [1.29, 1.82) is 0 Å². The Hall–Kier alpha value is -1.46. The molecule has 0 bridgehead atoms. The minimum atomic E-state index is -0.611. The summed E-state index contributed by atoms with van der Waals surface area (Å²) < 4.78 is 21.3. The molecule has 6 nitrogen and oxygen atoms in total. The van der Waals surface area contributed by atoms with Crippen LogP contribution in [0.1, 0.15) is 130 Å². The van der Waals surface area contributed by atoms with Crippen molar-refractivity contribution in [2.75, 3.05) is 13.2 Å². The molecule has 0 aromatic heterocycles. The third-order valence-electron chi connectivity index (χ3n) is 6.40. The lowest BCUT2D eigenvalue weighted by Gasteiger charge is -2.28. The fraction of sp³-hybridized carbons (Fsp3) is 0.929. The van der Waals surface area contributed by atoms with Gasteiger partial charge in [0.25, 0.3) is 0 Å². The maximum atomic E-state index is 12.0. The van der Waals surface area contributed by atoms with Gasteiger partial charge < -0.3 is 18.9 Å². The Morgan fingerprint density at radius 2 is 1.00 bits per heavy atom. The minimum absolute atomic E-state index is 0.263. The number of hydrogen-bond acceptors (Lipinski definition) is 6. The number of rotatable bonds is 18. The Balaban J connectivity index is 2.03. The molecule has 1 saturated carbocycles. The van der Waals surface area contributed by atoms with Crippen molar-refractivity contribution in [2.45, 2.75) is 143 Å². The van der Waals surface area contributed by atoms with E-state index in [1.54, 1.807) is 0 Å². The largest absolute Gasteiger partial charge is 0.508 e. The van der Waals surface area contributed by atoms with E-state index in [4.69, 9.17) is 18.9 Å². The molecule has 0 spiro atoms. The van der Waals surface area contributed by atoms with Gasteiger partial charge in [-0.1, -0.05) is 91.9 Å². The summed E-state index contributed by atoms with van der Waals surface area (Å²) >= 11 is 0. The molecule has 1 rings (SSSR count). The van der Waals surface area contributed by atoms with Crippen molar-refractivity contribution in [1.82, 2.24) is 0 Å². The van der Waals surface area contributed by atoms with Crippen molar-refractivity contribution in [2.24, 2.45) is 11.8 Å². The van der Waals surface area contributed by atoms with Gasteiger partial charge in [-0.2, -0.15) is 0 Å². The van der Waals surface area contributed by atoms with Crippen LogP contribution in [-0.2, 0) is 18.9 Å². The zero-order chi connectivity index (χ0) is 25.0. The summed E-state index contributed by atoms with van der Waals surface area (Å²) in [6.45, 7) is 9.81. The Kier molecular flexibility index (Phi) is 17.8. The van der Waals surface area contributed by atoms with Crippen LogP contribution >= 0.6 is 0 Å². The number of ether oxygens (including phenoxy) is 4. The van der Waals surface area contributed by atoms with Crippen LogP contribution < -0.4 is 0 Å². The van der Waals surface area contributed by atoms with Crippen LogP contribution in [0.25, 0.3) is 0 Å². The second-order valence-corrected chi connectivity index (χ2v) is 10.7. The molecule has 0 N–H and O–H groups in total. The first-order chi connectivity index (χ1) is 16.4. The number of unbranched alkanes of at least 4 members (excludes halogenated alkanes) is 8. The fourth-order valence-electron chi connectivity index (χ4n) is 4.34. The van der Waals surface area contributed by atoms with Gasteiger partial charge in [0.2, 0.25) is 0 Å². The Morgan fingerprint density at radius 1 is 0.618 bits per heavy atom. The molecule has 0 aromatic carbocycles. The molecule has 0 radical (unpaired) electrons. The van der Waals surface area contributed by atoms with Crippen LogP contribution in [0.5, 0.6) is 0 Å². The van der Waals surface area contributed by atoms with E-state index < -0.39 is 12.3 Å². The summed E-state index contributed by atoms with van der Waals surface area (Å²) in [5.74, 6) is 1.54. The van der Waals surface area contributed by atoms with E-state index in [1.807, 2.05) is 0 Å². The van der Waals surface area contributed by atoms with Gasteiger partial charge in [-0.05, 0) is 43.9 Å². The quantitative estimate of drug-likeness (QED) is 0.143. The van der Waals surface area contributed by atoms with Gasteiger partial charge in [-0.15, -0.1) is 0 Å². The molecule has 2 unspecified atom stereocenters. The third-order valence-corrected chi connectivity index (χ3v) is 6.40. The highest BCUT2D eigenvalue weighted by molar-refractivity contribution is 5.60. The zero-order valence-corrected chi connectivity index (χ0v) is 22.5. The van der Waals surface area contributed by atoms with Gasteiger partial charge in [0.1, 0.15) is 12.2 Å². The van der Waals surface area contributed by atoms with Crippen LogP contribution in [0.2, 0.25) is 0 Å². The van der Waals surface area contributed by atoms with E-state index in [0.29, 0.717) is 19.6 Å². The van der Waals surface area contributed by atoms with E-state index in [9.17, 15) is 9.59 Å². The molecule has 1 fully saturated rings. The van der Waals surface area contributed by atoms with E-state index >= 15 is 0 Å². The fourth-order valence-corrected chi connectivity index (χ4v) is 4.34. The first-order valence-corrected chi connectivity index (χ1v) is 14.0. The number of carbonyl (C=O) groups is 2. The van der Waals surface area contributed by atoms with Gasteiger partial charge >= 0.3 is 12.3 Å². The predicted octanol–water partition coefficient (Wildman–Crippen LogP) is 8.60. The highest BCUT2D eigenvalue weighted by Gasteiger charge is 2.28. The molecular weight excluding hydrogens is 432 g/mol. The molecule has 0 saturated heterocycles. The summed E-state index contributed by atoms with van der Waals surface area (Å²) in [4.78, 5) is 23.9. The van der Waals surface area contributed by atoms with E-state index in [0.717, 1.165) is 56.8 Å². The molecule has 1 aliphatic rings. The average molecular weight is 485 g/mol. The second-order valence-electron chi connectivity index (χ2n) is 10.7. The summed E-state index contributed by atoms with van der Waals surface area (Å²) in [6, 6.07) is 0. The molecule has 0 aromatic rings. The Morgan fingerprint density at radius 3 is 1.41 bits per heavy atom. The maximum Gasteiger partial charge on any atom is 0.508 e. The van der Waals surface area contributed by atoms with Gasteiger partial charge in [0.15, 0.2) is 0 Å². The summed E-state index contributed by atoms with van der Waals surface area (Å²) in [5, 5.41) is 0. The number of hydrogen-bond donors (Lipinski definition) is 0. The Bertz CT molecular complexity index is 519. The van der Waals surface area contributed by atoms with Crippen molar-refractivity contribution in [3.8, 4) is 0 Å². The van der Waals surface area contributed by atoms with E-state index in [1.165, 1.54) is 51.4 Å². The smallest absolute Gasteiger partial charge is 0.434 e. The van der Waals surface area contributed by atoms with E-state index in [-0.39, 0.29) is 12.2 Å². The molecule has 6 heteroatoms. The van der Waals surface area contributed by atoms with Crippen LogP contribution in [0, 0.1) is 11.8 Å². The molecule has 0 heterocycles. The van der Waals surface area contributed by atoms with E-state index in [2.05, 4.69) is 27.7 Å². The molecule has 200 valence electrons. The topological polar surface area (TPSA) is 71.1 Å². The normalized spacial score (nSPS) is 18.2. The first kappa shape index (κ1) is 30.6. The second kappa shape index (κ2) is 19.8. The summed E-state index contributed by atoms with van der Waals surface area (Å²) in [7, 11) is 0. The molecule has 0 aliphatic heterocycles. The van der Waals surface area contributed by atoms with Gasteiger partial charge in [0.05, 0.1) is 13.2 Å². The summed E-state index contributed by atoms with van der Waals surface area (Å²) in [6.07, 6.45) is 15.0. The zero-order valence-electron chi connectivity index (χ0n) is 22.5. The van der Waals surface area contributed by atoms with Gasteiger partial charge in [-0.25, -0.2) is 9.59 Å². The maximum absolute atomic E-state index is 12.0. The molecular formula is C28H52O6. The van der Waals surface area contributed by atoms with Crippen molar-refractivity contribution < 1.29 is 28.5 Å². The predicted molar refractivity (Wildman–Crippen MR) is 136 cm³/mol. The minimum Gasteiger partial charge on any atom is -0.434 e. The summed E-state index contributed by atoms with van der Waals surface area (Å²) in [5.41, 5.74) is 0. The average Bonchev–Trinajstić information content (AvgIpc) is 2.77. The number of carbonyl (C=O) groups excluding carboxylic acids is 2. The van der Waals surface area contributed by atoms with Crippen molar-refractivity contribution in [3.05, 3.63) is 0 Å². The van der Waals surface area contributed by atoms with Crippen LogP contribution in [0.15, 0.2) is 0 Å². The Labute approximate surface area is 208 Å². The van der Waals surface area contributed by atoms with Gasteiger partial charge in [0, 0.05) is 6.42 Å². The van der Waals surface area contributed by atoms with Gasteiger partial charge in [-0.3, -0.25) is 0 Å². The SMILES string of the molecule is CC(C)CCCCCCCCOC(=O)OC1CCCC(OC(=O)OCCCCCCC(C)C)C1. The van der Waals surface area contributed by atoms with Crippen molar-refractivity contribution >= 4 is 12.3 Å². The highest BCUT2D eigenvalue weighted by Crippen LogP contribution is 2.24. The van der Waals surface area contributed by atoms with Crippen LogP contribution in [0.4, 0.5) is 9.59 Å². The molecule has 2 atom stereocenters. The highest BCUT2D eigenvalue weighted by atomic mass is 16.7. The molecule has 0 amide bonds.